The highest BCUT2D eigenvalue weighted by Gasteiger charge is 2.13. The summed E-state index contributed by atoms with van der Waals surface area (Å²) in [5.74, 6) is -0.215. The number of carbonyl (C=O) groups excluding carboxylic acids is 1. The van der Waals surface area contributed by atoms with E-state index in [2.05, 4.69) is 15.4 Å². The molecule has 2 aromatic carbocycles. The Balaban J connectivity index is 1.54. The Hall–Kier alpha value is -3.67. The fourth-order valence-electron chi connectivity index (χ4n) is 2.57. The van der Waals surface area contributed by atoms with Crippen molar-refractivity contribution in [1.82, 2.24) is 19.3 Å². The lowest BCUT2D eigenvalue weighted by atomic mass is 10.2. The molecular weight excluding hydrogens is 314 g/mol. The van der Waals surface area contributed by atoms with E-state index in [0.29, 0.717) is 11.4 Å². The number of imidazole rings is 1. The minimum atomic E-state index is -0.215. The van der Waals surface area contributed by atoms with E-state index in [1.165, 1.54) is 0 Å². The fourth-order valence-corrected chi connectivity index (χ4v) is 2.57. The topological polar surface area (TPSA) is 64.7 Å². The summed E-state index contributed by atoms with van der Waals surface area (Å²) in [4.78, 5) is 16.7. The molecule has 122 valence electrons. The maximum absolute atomic E-state index is 12.6. The number of hydrogen-bond acceptors (Lipinski definition) is 3. The molecule has 0 atom stereocenters. The standard InChI is InChI=1S/C19H15N5O/c25-19(18-13-20-14-23(18)16-5-2-1-3-6-16)22-15-7-9-17(10-8-15)24-12-4-11-21-24/h1-14H,(H,22,25). The van der Waals surface area contributed by atoms with Gasteiger partial charge in [-0.3, -0.25) is 9.36 Å². The predicted molar refractivity (Wildman–Crippen MR) is 95.1 cm³/mol. The number of para-hydroxylation sites is 1. The molecule has 1 amide bonds. The molecule has 0 saturated heterocycles. The molecule has 4 aromatic rings. The van der Waals surface area contributed by atoms with Gasteiger partial charge < -0.3 is 5.32 Å². The second kappa shape index (κ2) is 6.45. The Bertz CT molecular complexity index is 972. The fraction of sp³-hybridized carbons (Fsp3) is 0. The molecule has 0 bridgehead atoms. The van der Waals surface area contributed by atoms with E-state index in [9.17, 15) is 4.79 Å². The molecule has 0 fully saturated rings. The first-order valence-electron chi connectivity index (χ1n) is 7.80. The highest BCUT2D eigenvalue weighted by Crippen LogP contribution is 2.15. The van der Waals surface area contributed by atoms with E-state index in [4.69, 9.17) is 0 Å². The van der Waals surface area contributed by atoms with Crippen molar-refractivity contribution >= 4 is 11.6 Å². The van der Waals surface area contributed by atoms with Gasteiger partial charge in [-0.25, -0.2) is 9.67 Å². The third-order valence-electron chi connectivity index (χ3n) is 3.80. The van der Waals surface area contributed by atoms with E-state index in [1.54, 1.807) is 28.0 Å². The van der Waals surface area contributed by atoms with Crippen LogP contribution in [0.5, 0.6) is 0 Å². The minimum absolute atomic E-state index is 0.215. The number of carbonyl (C=O) groups is 1. The van der Waals surface area contributed by atoms with Crippen molar-refractivity contribution in [2.24, 2.45) is 0 Å². The van der Waals surface area contributed by atoms with Crippen LogP contribution in [0.4, 0.5) is 5.69 Å². The summed E-state index contributed by atoms with van der Waals surface area (Å²) in [6.07, 6.45) is 6.78. The zero-order valence-electron chi connectivity index (χ0n) is 13.3. The van der Waals surface area contributed by atoms with Crippen LogP contribution in [0.1, 0.15) is 10.5 Å². The largest absolute Gasteiger partial charge is 0.321 e. The highest BCUT2D eigenvalue weighted by molar-refractivity contribution is 6.03. The Labute approximate surface area is 144 Å². The van der Waals surface area contributed by atoms with Crippen LogP contribution in [0.2, 0.25) is 0 Å². The summed E-state index contributed by atoms with van der Waals surface area (Å²) in [7, 11) is 0. The predicted octanol–water partition coefficient (Wildman–Crippen LogP) is 3.31. The molecule has 0 unspecified atom stereocenters. The molecular formula is C19H15N5O. The first-order valence-corrected chi connectivity index (χ1v) is 7.80. The Morgan fingerprint density at radius 2 is 1.72 bits per heavy atom. The highest BCUT2D eigenvalue weighted by atomic mass is 16.2. The number of anilines is 1. The second-order valence-corrected chi connectivity index (χ2v) is 5.44. The van der Waals surface area contributed by atoms with E-state index in [0.717, 1.165) is 11.4 Å². The third kappa shape index (κ3) is 3.05. The van der Waals surface area contributed by atoms with Crippen molar-refractivity contribution in [3.8, 4) is 11.4 Å². The average Bonchev–Trinajstić information content (AvgIpc) is 3.35. The molecule has 6 heteroatoms. The first kappa shape index (κ1) is 14.9. The van der Waals surface area contributed by atoms with Crippen molar-refractivity contribution in [3.05, 3.63) is 91.3 Å². The van der Waals surface area contributed by atoms with Crippen LogP contribution < -0.4 is 5.32 Å². The zero-order valence-corrected chi connectivity index (χ0v) is 13.3. The van der Waals surface area contributed by atoms with Gasteiger partial charge in [-0.1, -0.05) is 18.2 Å². The Kier molecular flexibility index (Phi) is 3.84. The smallest absolute Gasteiger partial charge is 0.274 e. The summed E-state index contributed by atoms with van der Waals surface area (Å²) in [5, 5.41) is 7.08. The van der Waals surface area contributed by atoms with Crippen molar-refractivity contribution in [3.63, 3.8) is 0 Å². The normalized spacial score (nSPS) is 10.6. The molecule has 2 heterocycles. The van der Waals surface area contributed by atoms with Crippen molar-refractivity contribution < 1.29 is 4.79 Å². The lowest BCUT2D eigenvalue weighted by molar-refractivity contribution is 0.102. The molecule has 0 aliphatic heterocycles. The molecule has 25 heavy (non-hydrogen) atoms. The monoisotopic (exact) mass is 329 g/mol. The maximum atomic E-state index is 12.6. The molecule has 0 radical (unpaired) electrons. The van der Waals surface area contributed by atoms with Gasteiger partial charge in [-0.05, 0) is 42.5 Å². The molecule has 1 N–H and O–H groups in total. The summed E-state index contributed by atoms with van der Waals surface area (Å²) in [5.41, 5.74) is 3.00. The van der Waals surface area contributed by atoms with Crippen LogP contribution in [0.15, 0.2) is 85.6 Å². The van der Waals surface area contributed by atoms with Crippen LogP contribution in [0.3, 0.4) is 0 Å². The minimum Gasteiger partial charge on any atom is -0.321 e. The summed E-state index contributed by atoms with van der Waals surface area (Å²) in [6, 6.07) is 19.0. The molecule has 0 spiro atoms. The Morgan fingerprint density at radius 3 is 2.44 bits per heavy atom. The second-order valence-electron chi connectivity index (χ2n) is 5.44. The Morgan fingerprint density at radius 1 is 0.920 bits per heavy atom. The lowest BCUT2D eigenvalue weighted by Crippen LogP contribution is -2.16. The van der Waals surface area contributed by atoms with Crippen molar-refractivity contribution in [2.75, 3.05) is 5.32 Å². The lowest BCUT2D eigenvalue weighted by Gasteiger charge is -2.09. The molecule has 0 saturated carbocycles. The van der Waals surface area contributed by atoms with Crippen LogP contribution in [-0.2, 0) is 0 Å². The number of nitrogens with one attached hydrogen (secondary N) is 1. The van der Waals surface area contributed by atoms with E-state index < -0.39 is 0 Å². The summed E-state index contributed by atoms with van der Waals surface area (Å²) >= 11 is 0. The molecule has 6 nitrogen and oxygen atoms in total. The van der Waals surface area contributed by atoms with Crippen LogP contribution in [0.25, 0.3) is 11.4 Å². The van der Waals surface area contributed by atoms with Gasteiger partial charge in [0, 0.05) is 23.8 Å². The van der Waals surface area contributed by atoms with Crippen LogP contribution in [0, 0.1) is 0 Å². The van der Waals surface area contributed by atoms with E-state index in [1.807, 2.05) is 66.9 Å². The molecule has 4 rings (SSSR count). The van der Waals surface area contributed by atoms with Crippen molar-refractivity contribution in [2.45, 2.75) is 0 Å². The molecule has 0 aliphatic rings. The van der Waals surface area contributed by atoms with Gasteiger partial charge in [0.25, 0.3) is 5.91 Å². The van der Waals surface area contributed by atoms with Gasteiger partial charge in [0.15, 0.2) is 0 Å². The van der Waals surface area contributed by atoms with Gasteiger partial charge in [0.05, 0.1) is 18.2 Å². The van der Waals surface area contributed by atoms with E-state index >= 15 is 0 Å². The number of hydrogen-bond donors (Lipinski definition) is 1. The number of nitrogens with zero attached hydrogens (tertiary/aromatic N) is 4. The summed E-state index contributed by atoms with van der Waals surface area (Å²) in [6.45, 7) is 0. The summed E-state index contributed by atoms with van der Waals surface area (Å²) < 4.78 is 3.52. The van der Waals surface area contributed by atoms with Gasteiger partial charge >= 0.3 is 0 Å². The SMILES string of the molecule is O=C(Nc1ccc(-n2cccn2)cc1)c1cncn1-c1ccccc1. The number of aromatic nitrogens is 4. The molecule has 2 aromatic heterocycles. The van der Waals surface area contributed by atoms with Crippen molar-refractivity contribution in [1.29, 1.82) is 0 Å². The maximum Gasteiger partial charge on any atom is 0.274 e. The first-order chi connectivity index (χ1) is 12.3. The van der Waals surface area contributed by atoms with Gasteiger partial charge in [0.1, 0.15) is 5.69 Å². The number of rotatable bonds is 4. The number of amides is 1. The van der Waals surface area contributed by atoms with Gasteiger partial charge in [-0.2, -0.15) is 5.10 Å². The van der Waals surface area contributed by atoms with Gasteiger partial charge in [-0.15, -0.1) is 0 Å². The van der Waals surface area contributed by atoms with Crippen LogP contribution >= 0.6 is 0 Å². The third-order valence-corrected chi connectivity index (χ3v) is 3.80. The number of benzene rings is 2. The van der Waals surface area contributed by atoms with Gasteiger partial charge in [0.2, 0.25) is 0 Å². The van der Waals surface area contributed by atoms with E-state index in [-0.39, 0.29) is 5.91 Å². The van der Waals surface area contributed by atoms with Crippen LogP contribution in [-0.4, -0.2) is 25.2 Å². The quantitative estimate of drug-likeness (QED) is 0.625. The molecule has 0 aliphatic carbocycles. The zero-order chi connectivity index (χ0) is 17.1. The average molecular weight is 329 g/mol.